The van der Waals surface area contributed by atoms with Gasteiger partial charge in [-0.25, -0.2) is 13.4 Å². The van der Waals surface area contributed by atoms with Crippen molar-refractivity contribution in [2.24, 2.45) is 5.92 Å². The van der Waals surface area contributed by atoms with Gasteiger partial charge in [-0.3, -0.25) is 9.69 Å². The largest absolute Gasteiger partial charge is 0.494 e. The van der Waals surface area contributed by atoms with Crippen LogP contribution in [0.1, 0.15) is 37.0 Å². The molecule has 0 saturated carbocycles. The highest BCUT2D eigenvalue weighted by atomic mass is 32.2. The number of thiazole rings is 1. The summed E-state index contributed by atoms with van der Waals surface area (Å²) in [6.45, 7) is 6.77. The SMILES string of the molecule is CCOc1ccc2nc(N(CCN(C)C)C(=O)c3ccc(S(=O)(=O)N4CCC[C@H](C)C4)cc3)sc2c1. The molecule has 0 N–H and O–H groups in total. The van der Waals surface area contributed by atoms with E-state index in [-0.39, 0.29) is 10.8 Å². The normalized spacial score (nSPS) is 17.0. The molecule has 1 aromatic heterocycles. The highest BCUT2D eigenvalue weighted by molar-refractivity contribution is 7.89. The van der Waals surface area contributed by atoms with Crippen LogP contribution in [0.2, 0.25) is 0 Å². The molecule has 0 spiro atoms. The van der Waals surface area contributed by atoms with Crippen LogP contribution in [-0.4, -0.2) is 75.4 Å². The first-order chi connectivity index (χ1) is 17.2. The number of benzene rings is 2. The van der Waals surface area contributed by atoms with E-state index in [2.05, 4.69) is 6.92 Å². The standard InChI is InChI=1S/C26H34N4O4S2/c1-5-34-21-10-13-23-24(17-21)35-26(27-23)30(16-15-28(3)4)25(31)20-8-11-22(12-9-20)36(32,33)29-14-6-7-19(2)18-29/h8-13,17,19H,5-7,14-16,18H2,1-4H3/t19-/m0/s1. The zero-order chi connectivity index (χ0) is 25.9. The average Bonchev–Trinajstić information content (AvgIpc) is 3.27. The molecule has 1 aliphatic heterocycles. The lowest BCUT2D eigenvalue weighted by atomic mass is 10.0. The molecular weight excluding hydrogens is 496 g/mol. The maximum atomic E-state index is 13.6. The molecule has 194 valence electrons. The summed E-state index contributed by atoms with van der Waals surface area (Å²) < 4.78 is 34.4. The van der Waals surface area contributed by atoms with Crippen molar-refractivity contribution in [1.29, 1.82) is 0 Å². The van der Waals surface area contributed by atoms with Crippen LogP contribution in [-0.2, 0) is 10.0 Å². The summed E-state index contributed by atoms with van der Waals surface area (Å²) in [5, 5.41) is 0.601. The van der Waals surface area contributed by atoms with Crippen molar-refractivity contribution in [2.45, 2.75) is 31.6 Å². The van der Waals surface area contributed by atoms with E-state index in [9.17, 15) is 13.2 Å². The number of piperidine rings is 1. The third-order valence-corrected chi connectivity index (χ3v) is 9.19. The van der Waals surface area contributed by atoms with Crippen LogP contribution in [0.5, 0.6) is 5.75 Å². The van der Waals surface area contributed by atoms with Gasteiger partial charge in [0.15, 0.2) is 5.13 Å². The summed E-state index contributed by atoms with van der Waals surface area (Å²) in [5.41, 5.74) is 1.23. The van der Waals surface area contributed by atoms with Crippen molar-refractivity contribution in [2.75, 3.05) is 51.8 Å². The highest BCUT2D eigenvalue weighted by Gasteiger charge is 2.29. The highest BCUT2D eigenvalue weighted by Crippen LogP contribution is 2.32. The van der Waals surface area contributed by atoms with Crippen LogP contribution in [0.15, 0.2) is 47.4 Å². The monoisotopic (exact) mass is 530 g/mol. The predicted octanol–water partition coefficient (Wildman–Crippen LogP) is 4.32. The number of carbonyl (C=O) groups excluding carboxylic acids is 1. The number of hydrogen-bond acceptors (Lipinski definition) is 7. The van der Waals surface area contributed by atoms with Crippen molar-refractivity contribution in [3.8, 4) is 5.75 Å². The lowest BCUT2D eigenvalue weighted by Gasteiger charge is -2.30. The van der Waals surface area contributed by atoms with Gasteiger partial charge in [-0.2, -0.15) is 4.31 Å². The average molecular weight is 531 g/mol. The fraction of sp³-hybridized carbons (Fsp3) is 0.462. The summed E-state index contributed by atoms with van der Waals surface area (Å²) >= 11 is 1.44. The van der Waals surface area contributed by atoms with E-state index in [0.717, 1.165) is 28.8 Å². The van der Waals surface area contributed by atoms with E-state index in [0.29, 0.717) is 49.4 Å². The number of aromatic nitrogens is 1. The number of ether oxygens (including phenoxy) is 1. The number of rotatable bonds is 9. The third-order valence-electron chi connectivity index (χ3n) is 6.27. The Kier molecular flexibility index (Phi) is 8.29. The fourth-order valence-corrected chi connectivity index (χ4v) is 6.90. The van der Waals surface area contributed by atoms with Crippen molar-refractivity contribution >= 4 is 42.6 Å². The summed E-state index contributed by atoms with van der Waals surface area (Å²) in [5.74, 6) is 0.904. The van der Waals surface area contributed by atoms with Crippen LogP contribution in [0.25, 0.3) is 10.2 Å². The van der Waals surface area contributed by atoms with Gasteiger partial charge in [0.25, 0.3) is 5.91 Å². The topological polar surface area (TPSA) is 83.0 Å². The molecule has 1 atom stereocenters. The predicted molar refractivity (Wildman–Crippen MR) is 145 cm³/mol. The van der Waals surface area contributed by atoms with Gasteiger partial charge in [0.05, 0.1) is 21.7 Å². The number of carbonyl (C=O) groups is 1. The fourth-order valence-electron chi connectivity index (χ4n) is 4.29. The van der Waals surface area contributed by atoms with Crippen molar-refractivity contribution in [3.63, 3.8) is 0 Å². The minimum Gasteiger partial charge on any atom is -0.494 e. The molecule has 2 heterocycles. The molecule has 1 aliphatic rings. The van der Waals surface area contributed by atoms with Crippen molar-refractivity contribution in [3.05, 3.63) is 48.0 Å². The number of likely N-dealkylation sites (N-methyl/N-ethyl adjacent to an activating group) is 1. The molecule has 1 fully saturated rings. The number of hydrogen-bond donors (Lipinski definition) is 0. The lowest BCUT2D eigenvalue weighted by Crippen LogP contribution is -2.39. The van der Waals surface area contributed by atoms with Gasteiger partial charge in [-0.1, -0.05) is 18.3 Å². The Labute approximate surface area is 217 Å². The lowest BCUT2D eigenvalue weighted by molar-refractivity contribution is 0.0985. The van der Waals surface area contributed by atoms with Crippen LogP contribution in [0, 0.1) is 5.92 Å². The molecule has 4 rings (SSSR count). The molecular formula is C26H34N4O4S2. The smallest absolute Gasteiger partial charge is 0.260 e. The van der Waals surface area contributed by atoms with Gasteiger partial charge in [0.1, 0.15) is 5.75 Å². The van der Waals surface area contributed by atoms with Crippen molar-refractivity contribution < 1.29 is 17.9 Å². The number of anilines is 1. The molecule has 0 bridgehead atoms. The Hall–Kier alpha value is -2.53. The molecule has 2 aromatic carbocycles. The minimum absolute atomic E-state index is 0.212. The van der Waals surface area contributed by atoms with Crippen LogP contribution in [0.3, 0.4) is 0 Å². The second kappa shape index (κ2) is 11.2. The quantitative estimate of drug-likeness (QED) is 0.410. The molecule has 1 saturated heterocycles. The van der Waals surface area contributed by atoms with Crippen LogP contribution < -0.4 is 9.64 Å². The van der Waals surface area contributed by atoms with Crippen LogP contribution >= 0.6 is 11.3 Å². The van der Waals surface area contributed by atoms with E-state index in [1.165, 1.54) is 11.3 Å². The molecule has 8 nitrogen and oxygen atoms in total. The third kappa shape index (κ3) is 5.88. The number of amides is 1. The second-order valence-electron chi connectivity index (χ2n) is 9.45. The zero-order valence-corrected chi connectivity index (χ0v) is 22.9. The first kappa shape index (κ1) is 26.5. The Bertz CT molecular complexity index is 1310. The number of fused-ring (bicyclic) bond motifs is 1. The summed E-state index contributed by atoms with van der Waals surface area (Å²) in [6.07, 6.45) is 1.91. The van der Waals surface area contributed by atoms with E-state index < -0.39 is 10.0 Å². The summed E-state index contributed by atoms with van der Waals surface area (Å²) in [4.78, 5) is 22.2. The Morgan fingerprint density at radius 2 is 1.92 bits per heavy atom. The first-order valence-corrected chi connectivity index (χ1v) is 14.5. The van der Waals surface area contributed by atoms with Gasteiger partial charge in [-0.05, 0) is 82.2 Å². The van der Waals surface area contributed by atoms with E-state index in [1.54, 1.807) is 33.5 Å². The van der Waals surface area contributed by atoms with Crippen LogP contribution in [0.4, 0.5) is 5.13 Å². The van der Waals surface area contributed by atoms with Gasteiger partial charge in [0, 0.05) is 31.7 Å². The van der Waals surface area contributed by atoms with Gasteiger partial charge in [0.2, 0.25) is 10.0 Å². The maximum absolute atomic E-state index is 13.6. The van der Waals surface area contributed by atoms with Crippen molar-refractivity contribution in [1.82, 2.24) is 14.2 Å². The van der Waals surface area contributed by atoms with Gasteiger partial charge >= 0.3 is 0 Å². The molecule has 0 radical (unpaired) electrons. The Morgan fingerprint density at radius 1 is 1.17 bits per heavy atom. The number of sulfonamides is 1. The zero-order valence-electron chi connectivity index (χ0n) is 21.3. The van der Waals surface area contributed by atoms with E-state index >= 15 is 0 Å². The van der Waals surface area contributed by atoms with E-state index in [1.807, 2.05) is 44.1 Å². The maximum Gasteiger partial charge on any atom is 0.260 e. The second-order valence-corrected chi connectivity index (χ2v) is 12.4. The molecule has 10 heteroatoms. The molecule has 36 heavy (non-hydrogen) atoms. The molecule has 3 aromatic rings. The molecule has 1 amide bonds. The van der Waals surface area contributed by atoms with Gasteiger partial charge in [-0.15, -0.1) is 0 Å². The molecule has 0 unspecified atom stereocenters. The molecule has 0 aliphatic carbocycles. The first-order valence-electron chi connectivity index (χ1n) is 12.3. The summed E-state index contributed by atoms with van der Waals surface area (Å²) in [7, 11) is 0.332. The minimum atomic E-state index is -3.58. The van der Waals surface area contributed by atoms with E-state index in [4.69, 9.17) is 9.72 Å². The Balaban J connectivity index is 1.60. The summed E-state index contributed by atoms with van der Waals surface area (Å²) in [6, 6.07) is 12.0. The Morgan fingerprint density at radius 3 is 2.58 bits per heavy atom. The number of nitrogens with zero attached hydrogens (tertiary/aromatic N) is 4. The van der Waals surface area contributed by atoms with Gasteiger partial charge < -0.3 is 9.64 Å².